The van der Waals surface area contributed by atoms with Gasteiger partial charge in [0.05, 0.1) is 17.2 Å². The van der Waals surface area contributed by atoms with E-state index in [2.05, 4.69) is 71.4 Å². The Kier molecular flexibility index (Phi) is 10.0. The van der Waals surface area contributed by atoms with Crippen LogP contribution in [0.3, 0.4) is 0 Å². The number of benzene rings is 2. The molecule has 2 aromatic rings. The molecule has 0 saturated carbocycles. The summed E-state index contributed by atoms with van der Waals surface area (Å²) in [5, 5.41) is 0. The lowest BCUT2D eigenvalue weighted by molar-refractivity contribution is 0.303. The third-order valence-electron chi connectivity index (χ3n) is 4.67. The minimum Gasteiger partial charge on any atom is -0.744 e. The number of hydrogen-bond acceptors (Lipinski definition) is 3. The van der Waals surface area contributed by atoms with Gasteiger partial charge in [-0.3, -0.25) is 0 Å². The van der Waals surface area contributed by atoms with Gasteiger partial charge >= 0.3 is 0 Å². The molecule has 0 radical (unpaired) electrons. The topological polar surface area (TPSA) is 57.2 Å². The van der Waals surface area contributed by atoms with E-state index < -0.39 is 17.4 Å². The molecular formula is C24H37O3PS. The highest BCUT2D eigenvalue weighted by Crippen LogP contribution is 2.55. The molecular weight excluding hydrogens is 399 g/mol. The van der Waals surface area contributed by atoms with Gasteiger partial charge in [-0.25, -0.2) is 8.42 Å². The van der Waals surface area contributed by atoms with E-state index in [1.165, 1.54) is 55.0 Å². The summed E-state index contributed by atoms with van der Waals surface area (Å²) in [5.74, 6) is 0.857. The van der Waals surface area contributed by atoms with Gasteiger partial charge in [0.1, 0.15) is 10.1 Å². The fourth-order valence-electron chi connectivity index (χ4n) is 3.46. The van der Waals surface area contributed by atoms with Crippen molar-refractivity contribution < 1.29 is 13.0 Å². The van der Waals surface area contributed by atoms with Gasteiger partial charge in [0, 0.05) is 20.6 Å². The van der Waals surface area contributed by atoms with Crippen molar-refractivity contribution in [3.63, 3.8) is 0 Å². The van der Waals surface area contributed by atoms with E-state index in [1.54, 1.807) is 6.07 Å². The van der Waals surface area contributed by atoms with Crippen molar-refractivity contribution in [1.29, 1.82) is 0 Å². The Bertz CT molecular complexity index is 810. The fourth-order valence-corrected chi connectivity index (χ4v) is 6.45. The summed E-state index contributed by atoms with van der Waals surface area (Å²) in [7, 11) is -5.04. The largest absolute Gasteiger partial charge is 0.744 e. The van der Waals surface area contributed by atoms with Crippen LogP contribution in [0.4, 0.5) is 0 Å². The first-order valence-electron chi connectivity index (χ1n) is 10.2. The standard InChI is InChI=1S/C18H32P.C6H6O3S/c1-16(14-18(2,3)4)12-13-19(5,6)15-17-10-8-7-9-11-17;7-10(8,9)6-4-2-1-3-5-6/h7-11,16H,12-15H2,1-6H3;1-5H,(H,7,8,9)/q+1;/p-1. The third kappa shape index (κ3) is 12.2. The smallest absolute Gasteiger partial charge is 0.124 e. The van der Waals surface area contributed by atoms with Crippen LogP contribution < -0.4 is 0 Å². The molecule has 0 heterocycles. The lowest BCUT2D eigenvalue weighted by Crippen LogP contribution is -2.13. The molecule has 2 rings (SSSR count). The molecule has 0 spiro atoms. The van der Waals surface area contributed by atoms with Gasteiger partial charge in [0.2, 0.25) is 0 Å². The predicted molar refractivity (Wildman–Crippen MR) is 126 cm³/mol. The van der Waals surface area contributed by atoms with E-state index >= 15 is 0 Å². The van der Waals surface area contributed by atoms with E-state index in [1.807, 2.05) is 0 Å². The molecule has 1 unspecified atom stereocenters. The minimum atomic E-state index is -4.25. The lowest BCUT2D eigenvalue weighted by Gasteiger charge is -2.25. The molecule has 0 aromatic heterocycles. The molecule has 3 nitrogen and oxygen atoms in total. The molecule has 1 atom stereocenters. The van der Waals surface area contributed by atoms with Gasteiger partial charge in [-0.15, -0.1) is 0 Å². The molecule has 0 aliphatic heterocycles. The molecule has 0 aliphatic carbocycles. The number of hydrogen-bond donors (Lipinski definition) is 0. The fraction of sp³-hybridized carbons (Fsp3) is 0.500. The van der Waals surface area contributed by atoms with Gasteiger partial charge in [0.15, 0.2) is 0 Å². The van der Waals surface area contributed by atoms with E-state index in [9.17, 15) is 13.0 Å². The van der Waals surface area contributed by atoms with Crippen molar-refractivity contribution >= 4 is 17.4 Å². The highest BCUT2D eigenvalue weighted by molar-refractivity contribution is 7.85. The third-order valence-corrected chi connectivity index (χ3v) is 8.21. The average molecular weight is 437 g/mol. The quantitative estimate of drug-likeness (QED) is 0.367. The first kappa shape index (κ1) is 25.8. The second-order valence-corrected chi connectivity index (χ2v) is 15.7. The van der Waals surface area contributed by atoms with Crippen LogP contribution in [0.25, 0.3) is 0 Å². The Hall–Kier alpha value is -1.22. The molecule has 0 N–H and O–H groups in total. The maximum atomic E-state index is 10.3. The second-order valence-electron chi connectivity index (χ2n) is 9.73. The average Bonchev–Trinajstić information content (AvgIpc) is 2.60. The predicted octanol–water partition coefficient (Wildman–Crippen LogP) is 6.52. The van der Waals surface area contributed by atoms with Gasteiger partial charge < -0.3 is 4.55 Å². The Morgan fingerprint density at radius 2 is 1.41 bits per heavy atom. The van der Waals surface area contributed by atoms with Crippen molar-refractivity contribution in [1.82, 2.24) is 0 Å². The SMILES string of the molecule is CC(CC[P+](C)(C)Cc1ccccc1)CC(C)(C)C.O=S(=O)([O-])c1ccccc1. The lowest BCUT2D eigenvalue weighted by atomic mass is 9.84. The summed E-state index contributed by atoms with van der Waals surface area (Å²) in [6.45, 7) is 14.5. The van der Waals surface area contributed by atoms with E-state index in [4.69, 9.17) is 0 Å². The van der Waals surface area contributed by atoms with Crippen LogP contribution in [-0.2, 0) is 16.3 Å². The normalized spacial score (nSPS) is 13.3. The Labute approximate surface area is 179 Å². The van der Waals surface area contributed by atoms with Crippen molar-refractivity contribution in [2.24, 2.45) is 11.3 Å². The van der Waals surface area contributed by atoms with Crippen molar-refractivity contribution in [2.45, 2.75) is 51.6 Å². The summed E-state index contributed by atoms with van der Waals surface area (Å²) in [5.41, 5.74) is 1.99. The first-order chi connectivity index (χ1) is 13.3. The highest BCUT2D eigenvalue weighted by Gasteiger charge is 2.27. The molecule has 0 fully saturated rings. The molecule has 2 aromatic carbocycles. The van der Waals surface area contributed by atoms with Crippen LogP contribution in [-0.4, -0.2) is 32.5 Å². The summed E-state index contributed by atoms with van der Waals surface area (Å²) >= 11 is 0. The van der Waals surface area contributed by atoms with Gasteiger partial charge in [0.25, 0.3) is 0 Å². The summed E-state index contributed by atoms with van der Waals surface area (Å²) in [6.07, 6.45) is 5.47. The minimum absolute atomic E-state index is 0.185. The molecule has 0 bridgehead atoms. The Morgan fingerprint density at radius 3 is 1.83 bits per heavy atom. The molecule has 0 aliphatic rings. The van der Waals surface area contributed by atoms with E-state index in [0.29, 0.717) is 5.41 Å². The Balaban J connectivity index is 0.000000352. The van der Waals surface area contributed by atoms with Crippen molar-refractivity contribution in [2.75, 3.05) is 19.5 Å². The van der Waals surface area contributed by atoms with Crippen LogP contribution >= 0.6 is 7.26 Å². The molecule has 162 valence electrons. The molecule has 0 amide bonds. The van der Waals surface area contributed by atoms with Gasteiger partial charge in [-0.05, 0) is 41.9 Å². The zero-order chi connectivity index (χ0) is 22.1. The van der Waals surface area contributed by atoms with Crippen LogP contribution in [0, 0.1) is 11.3 Å². The molecule has 29 heavy (non-hydrogen) atoms. The summed E-state index contributed by atoms with van der Waals surface area (Å²) in [6, 6.07) is 18.2. The van der Waals surface area contributed by atoms with Gasteiger partial charge in [-0.2, -0.15) is 0 Å². The summed E-state index contributed by atoms with van der Waals surface area (Å²) < 4.78 is 30.8. The van der Waals surface area contributed by atoms with E-state index in [-0.39, 0.29) is 4.90 Å². The van der Waals surface area contributed by atoms with Crippen LogP contribution in [0.2, 0.25) is 0 Å². The van der Waals surface area contributed by atoms with Crippen LogP contribution in [0.1, 0.15) is 46.1 Å². The number of rotatable bonds is 7. The van der Waals surface area contributed by atoms with Crippen molar-refractivity contribution in [3.8, 4) is 0 Å². The maximum Gasteiger partial charge on any atom is 0.124 e. The molecule has 5 heteroatoms. The Morgan fingerprint density at radius 1 is 0.931 bits per heavy atom. The van der Waals surface area contributed by atoms with Crippen LogP contribution in [0.15, 0.2) is 65.6 Å². The monoisotopic (exact) mass is 436 g/mol. The second kappa shape index (κ2) is 11.2. The van der Waals surface area contributed by atoms with Crippen molar-refractivity contribution in [3.05, 3.63) is 66.2 Å². The summed E-state index contributed by atoms with van der Waals surface area (Å²) in [4.78, 5) is -0.185. The highest BCUT2D eigenvalue weighted by atomic mass is 32.2. The zero-order valence-electron chi connectivity index (χ0n) is 18.8. The molecule has 0 saturated heterocycles. The van der Waals surface area contributed by atoms with Gasteiger partial charge in [-0.1, -0.05) is 76.2 Å². The van der Waals surface area contributed by atoms with Crippen LogP contribution in [0.5, 0.6) is 0 Å². The maximum absolute atomic E-state index is 10.3. The zero-order valence-corrected chi connectivity index (χ0v) is 20.5. The van der Waals surface area contributed by atoms with E-state index in [0.717, 1.165) is 5.92 Å². The first-order valence-corrected chi connectivity index (χ1v) is 14.6.